The minimum absolute atomic E-state index is 0.323. The highest BCUT2D eigenvalue weighted by Gasteiger charge is 2.22. The van der Waals surface area contributed by atoms with E-state index < -0.39 is 12.0 Å². The molecule has 1 saturated heterocycles. The predicted octanol–water partition coefficient (Wildman–Crippen LogP) is -1.09. The molecule has 0 aromatic carbocycles. The number of rotatable bonds is 4. The van der Waals surface area contributed by atoms with Crippen molar-refractivity contribution >= 4 is 11.9 Å². The molecule has 1 fully saturated rings. The lowest BCUT2D eigenvalue weighted by Crippen LogP contribution is -2.50. The van der Waals surface area contributed by atoms with Gasteiger partial charge in [-0.15, -0.1) is 0 Å². The Labute approximate surface area is 88.2 Å². The first kappa shape index (κ1) is 11.9. The van der Waals surface area contributed by atoms with Crippen molar-refractivity contribution in [2.45, 2.75) is 13.0 Å². The molecule has 15 heavy (non-hydrogen) atoms. The van der Waals surface area contributed by atoms with E-state index in [1.807, 2.05) is 4.90 Å². The minimum atomic E-state index is -1.00. The van der Waals surface area contributed by atoms with Gasteiger partial charge in [-0.05, 0) is 0 Å². The van der Waals surface area contributed by atoms with E-state index in [2.05, 4.69) is 5.32 Å². The van der Waals surface area contributed by atoms with Gasteiger partial charge in [-0.2, -0.15) is 0 Å². The maximum absolute atomic E-state index is 10.8. The third-order valence-electron chi connectivity index (χ3n) is 2.22. The summed E-state index contributed by atoms with van der Waals surface area (Å²) in [6.07, 6.45) is 0. The smallest absolute Gasteiger partial charge is 0.327 e. The van der Waals surface area contributed by atoms with Crippen LogP contribution >= 0.6 is 0 Å². The summed E-state index contributed by atoms with van der Waals surface area (Å²) in [6, 6.07) is -0.833. The van der Waals surface area contributed by atoms with E-state index in [-0.39, 0.29) is 5.91 Å². The molecule has 0 spiro atoms. The molecule has 1 atom stereocenters. The molecule has 2 N–H and O–H groups in total. The first-order valence-corrected chi connectivity index (χ1v) is 4.89. The van der Waals surface area contributed by atoms with Crippen molar-refractivity contribution in [2.24, 2.45) is 0 Å². The number of carbonyl (C=O) groups is 2. The van der Waals surface area contributed by atoms with E-state index in [4.69, 9.17) is 9.84 Å². The zero-order chi connectivity index (χ0) is 11.3. The van der Waals surface area contributed by atoms with Crippen LogP contribution in [0.2, 0.25) is 0 Å². The highest BCUT2D eigenvalue weighted by molar-refractivity contribution is 5.82. The topological polar surface area (TPSA) is 78.9 Å². The summed E-state index contributed by atoms with van der Waals surface area (Å²) in [4.78, 5) is 23.6. The molecule has 1 rings (SSSR count). The fourth-order valence-electron chi connectivity index (χ4n) is 1.47. The lowest BCUT2D eigenvalue weighted by atomic mass is 10.2. The summed E-state index contributed by atoms with van der Waals surface area (Å²) in [5.41, 5.74) is 0. The first-order chi connectivity index (χ1) is 7.09. The van der Waals surface area contributed by atoms with Crippen LogP contribution in [0.1, 0.15) is 6.92 Å². The van der Waals surface area contributed by atoms with Crippen LogP contribution in [0.5, 0.6) is 0 Å². The molecular formula is C9H16N2O4. The molecule has 0 aromatic rings. The number of aliphatic carboxylic acids is 1. The predicted molar refractivity (Wildman–Crippen MR) is 52.5 cm³/mol. The average molecular weight is 216 g/mol. The SMILES string of the molecule is CC(=O)NC(CN1CCOCC1)C(=O)O. The molecule has 6 nitrogen and oxygen atoms in total. The Morgan fingerprint density at radius 1 is 1.47 bits per heavy atom. The van der Waals surface area contributed by atoms with Gasteiger partial charge in [0.05, 0.1) is 13.2 Å². The Balaban J connectivity index is 2.42. The van der Waals surface area contributed by atoms with Crippen molar-refractivity contribution < 1.29 is 19.4 Å². The number of carboxylic acids is 1. The van der Waals surface area contributed by atoms with Crippen molar-refractivity contribution in [2.75, 3.05) is 32.8 Å². The quantitative estimate of drug-likeness (QED) is 0.624. The average Bonchev–Trinajstić information content (AvgIpc) is 2.17. The Bertz CT molecular complexity index is 238. The number of ether oxygens (including phenoxy) is 1. The van der Waals surface area contributed by atoms with Gasteiger partial charge in [-0.1, -0.05) is 0 Å². The van der Waals surface area contributed by atoms with E-state index in [0.29, 0.717) is 32.8 Å². The van der Waals surface area contributed by atoms with Gasteiger partial charge in [0, 0.05) is 26.6 Å². The number of hydrogen-bond acceptors (Lipinski definition) is 4. The van der Waals surface area contributed by atoms with Gasteiger partial charge < -0.3 is 15.2 Å². The van der Waals surface area contributed by atoms with E-state index in [1.165, 1.54) is 6.92 Å². The molecule has 0 aliphatic carbocycles. The molecule has 0 saturated carbocycles. The number of carbonyl (C=O) groups excluding carboxylic acids is 1. The summed E-state index contributed by atoms with van der Waals surface area (Å²) in [5.74, 6) is -1.33. The zero-order valence-electron chi connectivity index (χ0n) is 8.73. The summed E-state index contributed by atoms with van der Waals surface area (Å²) in [6.45, 7) is 4.30. The van der Waals surface area contributed by atoms with Crippen LogP contribution in [0, 0.1) is 0 Å². The summed E-state index contributed by atoms with van der Waals surface area (Å²) >= 11 is 0. The largest absolute Gasteiger partial charge is 0.480 e. The summed E-state index contributed by atoms with van der Waals surface area (Å²) in [7, 11) is 0. The third kappa shape index (κ3) is 4.26. The Morgan fingerprint density at radius 2 is 2.07 bits per heavy atom. The molecule has 6 heteroatoms. The number of nitrogens with zero attached hydrogens (tertiary/aromatic N) is 1. The van der Waals surface area contributed by atoms with Gasteiger partial charge in [0.2, 0.25) is 5.91 Å². The van der Waals surface area contributed by atoms with Crippen molar-refractivity contribution in [3.8, 4) is 0 Å². The minimum Gasteiger partial charge on any atom is -0.480 e. The number of hydrogen-bond donors (Lipinski definition) is 2. The number of morpholine rings is 1. The van der Waals surface area contributed by atoms with E-state index >= 15 is 0 Å². The van der Waals surface area contributed by atoms with Crippen LogP contribution in [-0.2, 0) is 14.3 Å². The Hall–Kier alpha value is -1.14. The molecule has 1 unspecified atom stereocenters. The fourth-order valence-corrected chi connectivity index (χ4v) is 1.47. The number of amides is 1. The molecule has 1 amide bonds. The number of carboxylic acid groups (broad SMARTS) is 1. The second kappa shape index (κ2) is 5.67. The highest BCUT2D eigenvalue weighted by atomic mass is 16.5. The zero-order valence-corrected chi connectivity index (χ0v) is 8.73. The Morgan fingerprint density at radius 3 is 2.53 bits per heavy atom. The van der Waals surface area contributed by atoms with E-state index in [1.54, 1.807) is 0 Å². The van der Waals surface area contributed by atoms with Crippen LogP contribution in [0.4, 0.5) is 0 Å². The van der Waals surface area contributed by atoms with Crippen molar-refractivity contribution in [1.29, 1.82) is 0 Å². The van der Waals surface area contributed by atoms with Crippen molar-refractivity contribution in [3.63, 3.8) is 0 Å². The van der Waals surface area contributed by atoms with E-state index in [9.17, 15) is 9.59 Å². The fraction of sp³-hybridized carbons (Fsp3) is 0.778. The normalized spacial score (nSPS) is 19.5. The van der Waals surface area contributed by atoms with Gasteiger partial charge in [-0.25, -0.2) is 4.79 Å². The van der Waals surface area contributed by atoms with Gasteiger partial charge in [0.25, 0.3) is 0 Å². The maximum Gasteiger partial charge on any atom is 0.327 e. The van der Waals surface area contributed by atoms with Crippen molar-refractivity contribution in [1.82, 2.24) is 10.2 Å². The molecule has 0 bridgehead atoms. The summed E-state index contributed by atoms with van der Waals surface area (Å²) in [5, 5.41) is 11.3. The van der Waals surface area contributed by atoms with Gasteiger partial charge in [0.15, 0.2) is 0 Å². The summed E-state index contributed by atoms with van der Waals surface area (Å²) < 4.78 is 5.15. The molecule has 0 aromatic heterocycles. The molecular weight excluding hydrogens is 200 g/mol. The van der Waals surface area contributed by atoms with E-state index in [0.717, 1.165) is 0 Å². The maximum atomic E-state index is 10.8. The van der Waals surface area contributed by atoms with Crippen LogP contribution in [0.25, 0.3) is 0 Å². The molecule has 1 aliphatic rings. The third-order valence-corrected chi connectivity index (χ3v) is 2.22. The Kier molecular flexibility index (Phi) is 4.51. The lowest BCUT2D eigenvalue weighted by Gasteiger charge is -2.28. The second-order valence-corrected chi connectivity index (χ2v) is 3.50. The molecule has 1 heterocycles. The second-order valence-electron chi connectivity index (χ2n) is 3.50. The molecule has 1 aliphatic heterocycles. The van der Waals surface area contributed by atoms with Gasteiger partial charge in [-0.3, -0.25) is 9.69 Å². The monoisotopic (exact) mass is 216 g/mol. The molecule has 0 radical (unpaired) electrons. The highest BCUT2D eigenvalue weighted by Crippen LogP contribution is 1.99. The van der Waals surface area contributed by atoms with Crippen LogP contribution in [0.3, 0.4) is 0 Å². The number of nitrogens with one attached hydrogen (secondary N) is 1. The van der Waals surface area contributed by atoms with Crippen LogP contribution in [0.15, 0.2) is 0 Å². The lowest BCUT2D eigenvalue weighted by molar-refractivity contribution is -0.142. The van der Waals surface area contributed by atoms with Gasteiger partial charge in [0.1, 0.15) is 6.04 Å². The van der Waals surface area contributed by atoms with Crippen LogP contribution in [-0.4, -0.2) is 60.8 Å². The standard InChI is InChI=1S/C9H16N2O4/c1-7(12)10-8(9(13)14)6-11-2-4-15-5-3-11/h8H,2-6H2,1H3,(H,10,12)(H,13,14). The molecule has 86 valence electrons. The van der Waals surface area contributed by atoms with Gasteiger partial charge >= 0.3 is 5.97 Å². The van der Waals surface area contributed by atoms with Crippen LogP contribution < -0.4 is 5.32 Å². The van der Waals surface area contributed by atoms with Crippen molar-refractivity contribution in [3.05, 3.63) is 0 Å². The first-order valence-electron chi connectivity index (χ1n) is 4.89.